The molecule has 0 aliphatic heterocycles. The van der Waals surface area contributed by atoms with Gasteiger partial charge >= 0.3 is 0 Å². The van der Waals surface area contributed by atoms with Crippen molar-refractivity contribution in [3.05, 3.63) is 23.7 Å². The van der Waals surface area contributed by atoms with Gasteiger partial charge in [0, 0.05) is 18.0 Å². The molecule has 1 aromatic rings. The van der Waals surface area contributed by atoms with Crippen LogP contribution in [0.1, 0.15) is 57.4 Å². The van der Waals surface area contributed by atoms with Gasteiger partial charge in [-0.2, -0.15) is 0 Å². The molecule has 1 aromatic heterocycles. The molecule has 0 spiro atoms. The minimum Gasteiger partial charge on any atom is -0.469 e. The molecular weight excluding hydrogens is 210 g/mol. The van der Waals surface area contributed by atoms with Gasteiger partial charge in [0.2, 0.25) is 0 Å². The summed E-state index contributed by atoms with van der Waals surface area (Å²) in [6.07, 6.45) is 6.60. The number of aryl methyl sites for hydroxylation is 1. The van der Waals surface area contributed by atoms with Gasteiger partial charge in [0.1, 0.15) is 5.76 Å². The topological polar surface area (TPSA) is 39.2 Å². The summed E-state index contributed by atoms with van der Waals surface area (Å²) in [6, 6.07) is 2.22. The van der Waals surface area contributed by atoms with Crippen LogP contribution in [0.2, 0.25) is 0 Å². The molecule has 3 unspecified atom stereocenters. The lowest BCUT2D eigenvalue weighted by Gasteiger charge is -2.35. The summed E-state index contributed by atoms with van der Waals surface area (Å²) in [6.45, 7) is 6.83. The molecule has 0 amide bonds. The van der Waals surface area contributed by atoms with Crippen LogP contribution in [0.25, 0.3) is 0 Å². The molecule has 0 bridgehead atoms. The Morgan fingerprint density at radius 2 is 1.94 bits per heavy atom. The van der Waals surface area contributed by atoms with Crippen LogP contribution in [0.4, 0.5) is 0 Å². The zero-order valence-electron chi connectivity index (χ0n) is 11.3. The number of furan rings is 1. The number of hydrogen-bond acceptors (Lipinski definition) is 2. The molecule has 2 rings (SSSR count). The molecular formula is C15H25NO. The molecule has 17 heavy (non-hydrogen) atoms. The van der Waals surface area contributed by atoms with Crippen LogP contribution < -0.4 is 5.73 Å². The van der Waals surface area contributed by atoms with Gasteiger partial charge in [0.15, 0.2) is 0 Å². The van der Waals surface area contributed by atoms with Gasteiger partial charge in [-0.15, -0.1) is 0 Å². The lowest BCUT2D eigenvalue weighted by molar-refractivity contribution is 0.192. The van der Waals surface area contributed by atoms with Crippen molar-refractivity contribution in [2.75, 3.05) is 0 Å². The molecule has 2 heteroatoms. The summed E-state index contributed by atoms with van der Waals surface area (Å²) >= 11 is 0. The normalized spacial score (nSPS) is 31.4. The van der Waals surface area contributed by atoms with Crippen molar-refractivity contribution >= 4 is 0 Å². The fourth-order valence-corrected chi connectivity index (χ4v) is 3.49. The summed E-state index contributed by atoms with van der Waals surface area (Å²) in [5.41, 5.74) is 7.69. The van der Waals surface area contributed by atoms with Crippen molar-refractivity contribution in [2.45, 2.75) is 52.5 Å². The largest absolute Gasteiger partial charge is 0.469 e. The highest BCUT2D eigenvalue weighted by Gasteiger charge is 2.30. The van der Waals surface area contributed by atoms with E-state index in [1.807, 2.05) is 0 Å². The first-order valence-corrected chi connectivity index (χ1v) is 6.93. The molecule has 1 heterocycles. The van der Waals surface area contributed by atoms with Crippen molar-refractivity contribution in [3.8, 4) is 0 Å². The lowest BCUT2D eigenvalue weighted by Crippen LogP contribution is -2.29. The van der Waals surface area contributed by atoms with Gasteiger partial charge in [0.05, 0.1) is 6.26 Å². The first-order chi connectivity index (χ1) is 8.11. The molecule has 1 fully saturated rings. The summed E-state index contributed by atoms with van der Waals surface area (Å²) in [5.74, 6) is 3.32. The third kappa shape index (κ3) is 2.74. The molecule has 2 N–H and O–H groups in total. The minimum absolute atomic E-state index is 0.161. The summed E-state index contributed by atoms with van der Waals surface area (Å²) < 4.78 is 5.50. The van der Waals surface area contributed by atoms with E-state index in [1.165, 1.54) is 24.8 Å². The Kier molecular flexibility index (Phi) is 3.93. The van der Waals surface area contributed by atoms with Crippen LogP contribution in [0.3, 0.4) is 0 Å². The average Bonchev–Trinajstić information content (AvgIpc) is 2.74. The van der Waals surface area contributed by atoms with E-state index in [9.17, 15) is 0 Å². The maximum atomic E-state index is 6.46. The molecule has 96 valence electrons. The Hall–Kier alpha value is -0.760. The van der Waals surface area contributed by atoms with Crippen molar-refractivity contribution in [1.82, 2.24) is 0 Å². The highest BCUT2D eigenvalue weighted by atomic mass is 16.3. The van der Waals surface area contributed by atoms with E-state index >= 15 is 0 Å². The van der Waals surface area contributed by atoms with Crippen molar-refractivity contribution in [3.63, 3.8) is 0 Å². The summed E-state index contributed by atoms with van der Waals surface area (Å²) in [5, 5.41) is 0. The maximum Gasteiger partial charge on any atom is 0.108 e. The molecule has 2 nitrogen and oxygen atoms in total. The van der Waals surface area contributed by atoms with Gasteiger partial charge < -0.3 is 10.2 Å². The van der Waals surface area contributed by atoms with Crippen molar-refractivity contribution in [1.29, 1.82) is 0 Å². The Bertz CT molecular complexity index is 348. The minimum atomic E-state index is 0.161. The molecule has 0 radical (unpaired) electrons. The first kappa shape index (κ1) is 12.7. The van der Waals surface area contributed by atoms with Crippen LogP contribution >= 0.6 is 0 Å². The molecule has 1 saturated carbocycles. The van der Waals surface area contributed by atoms with E-state index in [0.717, 1.165) is 24.0 Å². The Balaban J connectivity index is 2.11. The van der Waals surface area contributed by atoms with Gasteiger partial charge in [-0.25, -0.2) is 0 Å². The van der Waals surface area contributed by atoms with E-state index in [-0.39, 0.29) is 6.04 Å². The standard InChI is InChI=1S/C15H25NO/c1-4-14-13(5-6-17-14)15(16)12-8-10(2)7-11(3)9-12/h5-6,10-12,15H,4,7-9,16H2,1-3H3. The SMILES string of the molecule is CCc1occc1C(N)C1CC(C)CC(C)C1. The quantitative estimate of drug-likeness (QED) is 0.862. The molecule has 1 aliphatic carbocycles. The Morgan fingerprint density at radius 1 is 1.29 bits per heavy atom. The van der Waals surface area contributed by atoms with E-state index in [2.05, 4.69) is 26.8 Å². The Morgan fingerprint density at radius 3 is 2.53 bits per heavy atom. The van der Waals surface area contributed by atoms with Gasteiger partial charge in [0.25, 0.3) is 0 Å². The smallest absolute Gasteiger partial charge is 0.108 e. The van der Waals surface area contributed by atoms with Crippen LogP contribution in [-0.4, -0.2) is 0 Å². The summed E-state index contributed by atoms with van der Waals surface area (Å²) in [4.78, 5) is 0. The van der Waals surface area contributed by atoms with Crippen molar-refractivity contribution < 1.29 is 4.42 Å². The Labute approximate surface area is 105 Å². The molecule has 3 atom stereocenters. The van der Waals surface area contributed by atoms with E-state index in [4.69, 9.17) is 10.2 Å². The zero-order valence-corrected chi connectivity index (χ0v) is 11.3. The van der Waals surface area contributed by atoms with E-state index in [0.29, 0.717) is 5.92 Å². The summed E-state index contributed by atoms with van der Waals surface area (Å²) in [7, 11) is 0. The molecule has 1 aliphatic rings. The van der Waals surface area contributed by atoms with E-state index < -0.39 is 0 Å². The van der Waals surface area contributed by atoms with Crippen LogP contribution in [0.5, 0.6) is 0 Å². The van der Waals surface area contributed by atoms with Crippen LogP contribution in [0.15, 0.2) is 16.7 Å². The maximum absolute atomic E-state index is 6.46. The van der Waals surface area contributed by atoms with Crippen LogP contribution in [0, 0.1) is 17.8 Å². The zero-order chi connectivity index (χ0) is 12.4. The number of hydrogen-bond donors (Lipinski definition) is 1. The third-order valence-corrected chi connectivity index (χ3v) is 4.18. The number of rotatable bonds is 3. The predicted octanol–water partition coefficient (Wildman–Crippen LogP) is 3.91. The number of nitrogens with two attached hydrogens (primary N) is 1. The first-order valence-electron chi connectivity index (χ1n) is 6.93. The second-order valence-corrected chi connectivity index (χ2v) is 5.86. The van der Waals surface area contributed by atoms with Gasteiger partial charge in [-0.3, -0.25) is 0 Å². The van der Waals surface area contributed by atoms with Gasteiger partial charge in [-0.05, 0) is 43.1 Å². The molecule has 0 saturated heterocycles. The lowest BCUT2D eigenvalue weighted by atomic mass is 9.72. The van der Waals surface area contributed by atoms with Crippen molar-refractivity contribution in [2.24, 2.45) is 23.5 Å². The van der Waals surface area contributed by atoms with Crippen LogP contribution in [-0.2, 0) is 6.42 Å². The monoisotopic (exact) mass is 235 g/mol. The second-order valence-electron chi connectivity index (χ2n) is 5.86. The second kappa shape index (κ2) is 5.26. The fourth-order valence-electron chi connectivity index (χ4n) is 3.49. The fraction of sp³-hybridized carbons (Fsp3) is 0.733. The average molecular weight is 235 g/mol. The highest BCUT2D eigenvalue weighted by Crippen LogP contribution is 2.39. The van der Waals surface area contributed by atoms with E-state index in [1.54, 1.807) is 6.26 Å². The third-order valence-electron chi connectivity index (χ3n) is 4.18. The highest BCUT2D eigenvalue weighted by molar-refractivity contribution is 5.22. The predicted molar refractivity (Wildman–Crippen MR) is 70.7 cm³/mol. The molecule has 0 aromatic carbocycles. The van der Waals surface area contributed by atoms with Gasteiger partial charge in [-0.1, -0.05) is 20.8 Å².